The summed E-state index contributed by atoms with van der Waals surface area (Å²) in [6.45, 7) is 1.96. The molecule has 0 unspecified atom stereocenters. The molecule has 0 saturated carbocycles. The smallest absolute Gasteiger partial charge is 0.243 e. The lowest BCUT2D eigenvalue weighted by molar-refractivity contribution is -0.133. The number of methoxy groups -OCH3 is 1. The van der Waals surface area contributed by atoms with Gasteiger partial charge in [-0.05, 0) is 48.9 Å². The van der Waals surface area contributed by atoms with Crippen LogP contribution in [-0.2, 0) is 32.6 Å². The molecule has 0 bridgehead atoms. The zero-order chi connectivity index (χ0) is 23.8. The first-order chi connectivity index (χ1) is 15.8. The minimum absolute atomic E-state index is 0.0175. The van der Waals surface area contributed by atoms with E-state index in [0.717, 1.165) is 9.87 Å². The van der Waals surface area contributed by atoms with Crippen molar-refractivity contribution in [1.82, 2.24) is 9.21 Å². The average molecular weight is 475 g/mol. The third-order valence-corrected chi connectivity index (χ3v) is 6.94. The number of carbonyl (C=O) groups excluding carboxylic acids is 1. The number of furan rings is 1. The van der Waals surface area contributed by atoms with Gasteiger partial charge in [-0.15, -0.1) is 0 Å². The fourth-order valence-electron chi connectivity index (χ4n) is 3.22. The molecule has 33 heavy (non-hydrogen) atoms. The van der Waals surface area contributed by atoms with E-state index >= 15 is 0 Å². The maximum atomic E-state index is 13.3. The highest BCUT2D eigenvalue weighted by atomic mass is 32.2. The predicted octanol–water partition coefficient (Wildman–Crippen LogP) is 3.59. The van der Waals surface area contributed by atoms with Crippen LogP contribution in [0, 0.1) is 12.7 Å². The number of amides is 1. The van der Waals surface area contributed by atoms with Crippen LogP contribution < -0.4 is 0 Å². The van der Waals surface area contributed by atoms with Crippen molar-refractivity contribution >= 4 is 15.9 Å². The summed E-state index contributed by atoms with van der Waals surface area (Å²) in [5.74, 6) is -0.240. The van der Waals surface area contributed by atoms with Gasteiger partial charge in [-0.3, -0.25) is 4.79 Å². The number of benzene rings is 2. The van der Waals surface area contributed by atoms with Crippen molar-refractivity contribution in [2.24, 2.45) is 0 Å². The van der Waals surface area contributed by atoms with Crippen LogP contribution in [-0.4, -0.2) is 50.3 Å². The SMILES string of the molecule is COCCN(CC(=O)N(Cc1ccc(F)cc1)Cc1ccco1)S(=O)(=O)c1ccc(C)cc1. The number of carbonyl (C=O) groups is 1. The van der Waals surface area contributed by atoms with Gasteiger partial charge >= 0.3 is 0 Å². The van der Waals surface area contributed by atoms with Gasteiger partial charge in [0.15, 0.2) is 0 Å². The number of halogens is 1. The van der Waals surface area contributed by atoms with Crippen molar-refractivity contribution in [3.63, 3.8) is 0 Å². The van der Waals surface area contributed by atoms with Crippen molar-refractivity contribution in [3.8, 4) is 0 Å². The Balaban J connectivity index is 1.85. The van der Waals surface area contributed by atoms with E-state index in [0.29, 0.717) is 11.3 Å². The topological polar surface area (TPSA) is 80.1 Å². The minimum Gasteiger partial charge on any atom is -0.467 e. The number of hydrogen-bond donors (Lipinski definition) is 0. The van der Waals surface area contributed by atoms with Gasteiger partial charge in [0.25, 0.3) is 0 Å². The van der Waals surface area contributed by atoms with Crippen LogP contribution in [0.4, 0.5) is 4.39 Å². The summed E-state index contributed by atoms with van der Waals surface area (Å²) in [7, 11) is -2.46. The molecule has 1 aromatic heterocycles. The van der Waals surface area contributed by atoms with Crippen molar-refractivity contribution in [1.29, 1.82) is 0 Å². The first-order valence-corrected chi connectivity index (χ1v) is 11.8. The molecule has 9 heteroatoms. The lowest BCUT2D eigenvalue weighted by Crippen LogP contribution is -2.43. The lowest BCUT2D eigenvalue weighted by Gasteiger charge is -2.27. The number of sulfonamides is 1. The molecule has 3 rings (SSSR count). The van der Waals surface area contributed by atoms with E-state index in [1.807, 2.05) is 6.92 Å². The molecule has 0 aliphatic heterocycles. The van der Waals surface area contributed by atoms with Crippen LogP contribution in [0.25, 0.3) is 0 Å². The summed E-state index contributed by atoms with van der Waals surface area (Å²) >= 11 is 0. The van der Waals surface area contributed by atoms with Gasteiger partial charge in [0.05, 0.1) is 30.9 Å². The van der Waals surface area contributed by atoms with E-state index in [9.17, 15) is 17.6 Å². The number of hydrogen-bond acceptors (Lipinski definition) is 5. The quantitative estimate of drug-likeness (QED) is 0.424. The second kappa shape index (κ2) is 11.2. The average Bonchev–Trinajstić information content (AvgIpc) is 3.31. The number of ether oxygens (including phenoxy) is 1. The summed E-state index contributed by atoms with van der Waals surface area (Å²) in [5, 5.41) is 0. The lowest BCUT2D eigenvalue weighted by atomic mass is 10.2. The molecule has 0 N–H and O–H groups in total. The fraction of sp³-hybridized carbons (Fsp3) is 0.292. The summed E-state index contributed by atoms with van der Waals surface area (Å²) in [6.07, 6.45) is 1.50. The predicted molar refractivity (Wildman–Crippen MR) is 121 cm³/mol. The van der Waals surface area contributed by atoms with E-state index in [1.165, 1.54) is 42.5 Å². The first-order valence-electron chi connectivity index (χ1n) is 10.4. The Hall–Kier alpha value is -3.01. The second-order valence-electron chi connectivity index (χ2n) is 7.60. The van der Waals surface area contributed by atoms with Crippen LogP contribution in [0.5, 0.6) is 0 Å². The monoisotopic (exact) mass is 474 g/mol. The van der Waals surface area contributed by atoms with Crippen molar-refractivity contribution in [3.05, 3.63) is 89.6 Å². The summed E-state index contributed by atoms with van der Waals surface area (Å²) in [4.78, 5) is 14.9. The summed E-state index contributed by atoms with van der Waals surface area (Å²) in [5.41, 5.74) is 1.64. The molecular weight excluding hydrogens is 447 g/mol. The maximum absolute atomic E-state index is 13.3. The Labute approximate surface area is 193 Å². The molecule has 0 aliphatic rings. The molecule has 0 saturated heterocycles. The van der Waals surface area contributed by atoms with Crippen molar-refractivity contribution < 1.29 is 26.8 Å². The van der Waals surface area contributed by atoms with E-state index in [1.54, 1.807) is 36.4 Å². The Morgan fingerprint density at radius 1 is 1.03 bits per heavy atom. The molecule has 2 aromatic carbocycles. The summed E-state index contributed by atoms with van der Waals surface area (Å²) < 4.78 is 51.4. The van der Waals surface area contributed by atoms with Gasteiger partial charge < -0.3 is 14.1 Å². The number of nitrogens with zero attached hydrogens (tertiary/aromatic N) is 2. The second-order valence-corrected chi connectivity index (χ2v) is 9.54. The van der Waals surface area contributed by atoms with Crippen molar-refractivity contribution in [2.45, 2.75) is 24.9 Å². The largest absolute Gasteiger partial charge is 0.467 e. The molecular formula is C24H27FN2O5S. The maximum Gasteiger partial charge on any atom is 0.243 e. The highest BCUT2D eigenvalue weighted by Gasteiger charge is 2.28. The summed E-state index contributed by atoms with van der Waals surface area (Å²) in [6, 6.07) is 15.7. The normalized spacial score (nSPS) is 11.6. The molecule has 7 nitrogen and oxygen atoms in total. The number of rotatable bonds is 11. The van der Waals surface area contributed by atoms with Crippen LogP contribution in [0.15, 0.2) is 76.2 Å². The molecule has 0 atom stereocenters. The van der Waals surface area contributed by atoms with Crippen LogP contribution in [0.1, 0.15) is 16.9 Å². The van der Waals surface area contributed by atoms with Gasteiger partial charge in [0.1, 0.15) is 11.6 Å². The fourth-order valence-corrected chi connectivity index (χ4v) is 4.59. The van der Waals surface area contributed by atoms with E-state index in [-0.39, 0.29) is 43.5 Å². The Morgan fingerprint density at radius 2 is 1.73 bits per heavy atom. The minimum atomic E-state index is -3.93. The van der Waals surface area contributed by atoms with Gasteiger partial charge in [0, 0.05) is 20.2 Å². The third-order valence-electron chi connectivity index (χ3n) is 5.08. The highest BCUT2D eigenvalue weighted by molar-refractivity contribution is 7.89. The van der Waals surface area contributed by atoms with Gasteiger partial charge in [-0.1, -0.05) is 29.8 Å². The van der Waals surface area contributed by atoms with Gasteiger partial charge in [0.2, 0.25) is 15.9 Å². The molecule has 3 aromatic rings. The van der Waals surface area contributed by atoms with Gasteiger partial charge in [-0.2, -0.15) is 4.31 Å². The molecule has 0 aliphatic carbocycles. The zero-order valence-electron chi connectivity index (χ0n) is 18.6. The van der Waals surface area contributed by atoms with Crippen LogP contribution >= 0.6 is 0 Å². The molecule has 1 amide bonds. The Bertz CT molecular complexity index is 1130. The van der Waals surface area contributed by atoms with Crippen LogP contribution in [0.3, 0.4) is 0 Å². The van der Waals surface area contributed by atoms with Crippen LogP contribution in [0.2, 0.25) is 0 Å². The standard InChI is InChI=1S/C24H27FN2O5S/c1-19-5-11-23(12-6-19)33(29,30)27(13-15-31-2)18-24(28)26(17-22-4-3-14-32-22)16-20-7-9-21(25)10-8-20/h3-12,14H,13,15-18H2,1-2H3. The first kappa shape index (κ1) is 24.6. The molecule has 0 radical (unpaired) electrons. The Morgan fingerprint density at radius 3 is 2.33 bits per heavy atom. The molecule has 0 spiro atoms. The van der Waals surface area contributed by atoms with E-state index < -0.39 is 15.9 Å². The third kappa shape index (κ3) is 6.74. The molecule has 0 fully saturated rings. The van der Waals surface area contributed by atoms with Crippen molar-refractivity contribution in [2.75, 3.05) is 26.8 Å². The zero-order valence-corrected chi connectivity index (χ0v) is 19.4. The Kier molecular flexibility index (Phi) is 8.37. The van der Waals surface area contributed by atoms with E-state index in [2.05, 4.69) is 0 Å². The van der Waals surface area contributed by atoms with Gasteiger partial charge in [-0.25, -0.2) is 12.8 Å². The number of aryl methyl sites for hydroxylation is 1. The molecule has 1 heterocycles. The van der Waals surface area contributed by atoms with E-state index in [4.69, 9.17) is 9.15 Å². The highest BCUT2D eigenvalue weighted by Crippen LogP contribution is 2.18. The molecule has 176 valence electrons.